The molecular weight excluding hydrogens is 436 g/mol. The molecule has 0 bridgehead atoms. The lowest BCUT2D eigenvalue weighted by atomic mass is 9.33. The number of ketones is 1. The van der Waals surface area contributed by atoms with Gasteiger partial charge in [-0.25, -0.2) is 0 Å². The van der Waals surface area contributed by atoms with Crippen LogP contribution in [0.3, 0.4) is 0 Å². The van der Waals surface area contributed by atoms with E-state index >= 15 is 0 Å². The van der Waals surface area contributed by atoms with Crippen LogP contribution in [-0.4, -0.2) is 22.6 Å². The Morgan fingerprint density at radius 2 is 1.66 bits per heavy atom. The Morgan fingerprint density at radius 1 is 1.00 bits per heavy atom. The molecule has 5 aliphatic rings. The lowest BCUT2D eigenvalue weighted by molar-refractivity contribution is -0.174. The highest BCUT2D eigenvalue weighted by Gasteiger charge is 2.70. The van der Waals surface area contributed by atoms with Crippen LogP contribution in [0, 0.1) is 50.2 Å². The molecule has 0 aromatic carbocycles. The maximum Gasteiger partial charge on any atom is 0.223 e. The third kappa shape index (κ3) is 2.96. The van der Waals surface area contributed by atoms with Crippen LogP contribution in [0.5, 0.6) is 0 Å². The summed E-state index contributed by atoms with van der Waals surface area (Å²) in [7, 11) is 0. The Kier molecular flexibility index (Phi) is 5.16. The summed E-state index contributed by atoms with van der Waals surface area (Å²) in [5.41, 5.74) is 7.22. The summed E-state index contributed by atoms with van der Waals surface area (Å²) < 4.78 is 0. The van der Waals surface area contributed by atoms with Gasteiger partial charge >= 0.3 is 0 Å². The summed E-state index contributed by atoms with van der Waals surface area (Å²) in [4.78, 5) is 26.7. The molecule has 0 unspecified atom stereocenters. The Hall–Kier alpha value is -1.65. The van der Waals surface area contributed by atoms with E-state index in [-0.39, 0.29) is 44.8 Å². The van der Waals surface area contributed by atoms with Crippen LogP contribution in [0.1, 0.15) is 106 Å². The molecule has 0 radical (unpaired) electrons. The topological polar surface area (TPSA) is 92.8 Å². The molecule has 0 aromatic heterocycles. The van der Waals surface area contributed by atoms with Crippen molar-refractivity contribution in [1.82, 2.24) is 0 Å². The van der Waals surface area contributed by atoms with Crippen LogP contribution in [0.25, 0.3) is 0 Å². The van der Waals surface area contributed by atoms with Crippen molar-refractivity contribution < 1.29 is 14.8 Å². The molecule has 5 aliphatic carbocycles. The van der Waals surface area contributed by atoms with Crippen molar-refractivity contribution in [2.75, 3.05) is 0 Å². The van der Waals surface area contributed by atoms with Crippen molar-refractivity contribution in [3.8, 4) is 0 Å². The van der Waals surface area contributed by atoms with Gasteiger partial charge in [-0.1, -0.05) is 59.2 Å². The fourth-order valence-electron chi connectivity index (χ4n) is 10.4. The van der Waals surface area contributed by atoms with Crippen LogP contribution >= 0.6 is 0 Å². The number of carbonyl (C=O) groups is 2. The fraction of sp³-hybridized carbons (Fsp3) is 0.833. The highest BCUT2D eigenvalue weighted by Crippen LogP contribution is 2.74. The first-order valence-corrected chi connectivity index (χ1v) is 13.9. The van der Waals surface area contributed by atoms with Gasteiger partial charge in [0.25, 0.3) is 0 Å². The molecule has 4 saturated carbocycles. The summed E-state index contributed by atoms with van der Waals surface area (Å²) >= 11 is 0. The number of oxime groups is 1. The molecule has 0 spiro atoms. The van der Waals surface area contributed by atoms with E-state index in [1.807, 2.05) is 6.92 Å². The SMILES string of the molecule is CC1(C)C(=NO)CC[C@]2(C)[C@H]3C(=O)C=C4[C@@H]5C[C@@](C)(C(N)=O)CC[C@]5(C)CC[C@@]4(C)[C@]3(C)CC[C@@H]12. The maximum absolute atomic E-state index is 14.3. The van der Waals surface area contributed by atoms with Gasteiger partial charge in [0.15, 0.2) is 5.78 Å². The minimum atomic E-state index is -0.499. The van der Waals surface area contributed by atoms with E-state index in [1.165, 1.54) is 5.57 Å². The van der Waals surface area contributed by atoms with E-state index in [9.17, 15) is 14.8 Å². The van der Waals surface area contributed by atoms with Gasteiger partial charge in [-0.2, -0.15) is 0 Å². The summed E-state index contributed by atoms with van der Waals surface area (Å²) in [6.45, 7) is 16.0. The van der Waals surface area contributed by atoms with E-state index in [0.717, 1.165) is 63.5 Å². The Bertz CT molecular complexity index is 1040. The number of hydrogen-bond acceptors (Lipinski definition) is 4. The lowest BCUT2D eigenvalue weighted by Crippen LogP contribution is -2.66. The zero-order valence-corrected chi connectivity index (χ0v) is 23.0. The first-order chi connectivity index (χ1) is 16.1. The number of allylic oxidation sites excluding steroid dienone is 2. The molecule has 0 saturated heterocycles. The van der Waals surface area contributed by atoms with Crippen LogP contribution in [-0.2, 0) is 9.59 Å². The van der Waals surface area contributed by atoms with E-state index < -0.39 is 5.41 Å². The summed E-state index contributed by atoms with van der Waals surface area (Å²) in [6.07, 6.45) is 10.6. The Balaban J connectivity index is 1.62. The zero-order chi connectivity index (χ0) is 25.8. The van der Waals surface area contributed by atoms with Crippen LogP contribution in [0.15, 0.2) is 16.8 Å². The standard InChI is InChI=1S/C30H46N2O3/c1-25(2)21-8-11-30(7)23(28(21,5)10-9-22(25)32-35)20(33)16-18-19-17-27(4,24(31)34)13-12-26(19,3)14-15-29(18,30)6/h16,19,21,23,35H,8-15,17H2,1-7H3,(H2,31,34)/t19-,21-,23+,26+,27-,28-,29+,30+/m0/s1. The van der Waals surface area contributed by atoms with Crippen LogP contribution in [0.4, 0.5) is 0 Å². The number of fused-ring (bicyclic) bond motifs is 7. The molecule has 1 amide bonds. The van der Waals surface area contributed by atoms with Gasteiger partial charge in [-0.15, -0.1) is 0 Å². The van der Waals surface area contributed by atoms with Crippen molar-refractivity contribution in [1.29, 1.82) is 0 Å². The largest absolute Gasteiger partial charge is 0.411 e. The number of amides is 1. The monoisotopic (exact) mass is 482 g/mol. The molecule has 3 N–H and O–H groups in total. The number of primary amides is 1. The first-order valence-electron chi connectivity index (χ1n) is 13.9. The molecule has 0 aromatic rings. The second-order valence-electron chi connectivity index (χ2n) is 14.9. The van der Waals surface area contributed by atoms with E-state index in [4.69, 9.17) is 5.73 Å². The molecule has 5 rings (SSSR count). The molecule has 8 atom stereocenters. The number of carbonyl (C=O) groups excluding carboxylic acids is 2. The zero-order valence-electron chi connectivity index (χ0n) is 23.0. The predicted molar refractivity (Wildman–Crippen MR) is 138 cm³/mol. The molecule has 5 heteroatoms. The van der Waals surface area contributed by atoms with Gasteiger partial charge < -0.3 is 10.9 Å². The average Bonchev–Trinajstić information content (AvgIpc) is 2.76. The fourth-order valence-corrected chi connectivity index (χ4v) is 10.4. The van der Waals surface area contributed by atoms with Crippen molar-refractivity contribution in [3.05, 3.63) is 11.6 Å². The van der Waals surface area contributed by atoms with Gasteiger partial charge in [0.1, 0.15) is 0 Å². The predicted octanol–water partition coefficient (Wildman–Crippen LogP) is 6.28. The molecular formula is C30H46N2O3. The van der Waals surface area contributed by atoms with Crippen LogP contribution in [0.2, 0.25) is 0 Å². The van der Waals surface area contributed by atoms with E-state index in [2.05, 4.69) is 52.8 Å². The van der Waals surface area contributed by atoms with E-state index in [0.29, 0.717) is 11.7 Å². The van der Waals surface area contributed by atoms with Crippen molar-refractivity contribution in [2.45, 2.75) is 106 Å². The second-order valence-corrected chi connectivity index (χ2v) is 14.9. The normalized spacial score (nSPS) is 52.0. The maximum atomic E-state index is 14.3. The minimum absolute atomic E-state index is 0.0301. The van der Waals surface area contributed by atoms with Gasteiger partial charge in [-0.05, 0) is 97.4 Å². The third-order valence-corrected chi connectivity index (χ3v) is 13.1. The molecule has 194 valence electrons. The van der Waals surface area contributed by atoms with E-state index in [1.54, 1.807) is 0 Å². The molecule has 4 fully saturated rings. The lowest BCUT2D eigenvalue weighted by Gasteiger charge is -2.70. The number of nitrogens with two attached hydrogens (primary N) is 1. The summed E-state index contributed by atoms with van der Waals surface area (Å²) in [5.74, 6) is 0.616. The first kappa shape index (κ1) is 25.0. The van der Waals surface area contributed by atoms with Gasteiger partial charge in [0.05, 0.1) is 5.71 Å². The van der Waals surface area contributed by atoms with Gasteiger partial charge in [0, 0.05) is 16.7 Å². The highest BCUT2D eigenvalue weighted by molar-refractivity contribution is 5.97. The second kappa shape index (κ2) is 7.22. The van der Waals surface area contributed by atoms with Gasteiger partial charge in [0.2, 0.25) is 5.91 Å². The summed E-state index contributed by atoms with van der Waals surface area (Å²) in [6, 6.07) is 0. The quantitative estimate of drug-likeness (QED) is 0.340. The number of rotatable bonds is 1. The van der Waals surface area contributed by atoms with Gasteiger partial charge in [-0.3, -0.25) is 9.59 Å². The Morgan fingerprint density at radius 3 is 2.29 bits per heavy atom. The smallest absolute Gasteiger partial charge is 0.223 e. The van der Waals surface area contributed by atoms with Crippen molar-refractivity contribution in [3.63, 3.8) is 0 Å². The molecule has 0 heterocycles. The third-order valence-electron chi connectivity index (χ3n) is 13.1. The summed E-state index contributed by atoms with van der Waals surface area (Å²) in [5, 5.41) is 13.4. The molecule has 0 aliphatic heterocycles. The van der Waals surface area contributed by atoms with Crippen molar-refractivity contribution >= 4 is 17.4 Å². The number of hydrogen-bond donors (Lipinski definition) is 2. The molecule has 35 heavy (non-hydrogen) atoms. The highest BCUT2D eigenvalue weighted by atomic mass is 16.4. The average molecular weight is 483 g/mol. The van der Waals surface area contributed by atoms with Crippen molar-refractivity contribution in [2.24, 2.45) is 61.1 Å². The minimum Gasteiger partial charge on any atom is -0.411 e. The molecule has 5 nitrogen and oxygen atoms in total. The van der Waals surface area contributed by atoms with Crippen LogP contribution < -0.4 is 5.73 Å². The number of nitrogens with zero attached hydrogens (tertiary/aromatic N) is 1. The Labute approximate surface area is 211 Å².